The van der Waals surface area contributed by atoms with Gasteiger partial charge in [0.25, 0.3) is 5.91 Å². The average Bonchev–Trinajstić information content (AvgIpc) is 2.48. The van der Waals surface area contributed by atoms with Crippen LogP contribution in [-0.4, -0.2) is 11.9 Å². The molecule has 2 aromatic rings. The smallest absolute Gasteiger partial charge is 0.322 e. The minimum absolute atomic E-state index is 0.191. The lowest BCUT2D eigenvalue weighted by atomic mass is 10.1. The fourth-order valence-corrected chi connectivity index (χ4v) is 1.96. The van der Waals surface area contributed by atoms with Crippen LogP contribution >= 0.6 is 11.6 Å². The van der Waals surface area contributed by atoms with Crippen LogP contribution in [0, 0.1) is 0 Å². The van der Waals surface area contributed by atoms with E-state index in [0.29, 0.717) is 10.6 Å². The molecule has 4 nitrogen and oxygen atoms in total. The summed E-state index contributed by atoms with van der Waals surface area (Å²) < 4.78 is 0. The van der Waals surface area contributed by atoms with E-state index in [2.05, 4.69) is 10.6 Å². The van der Waals surface area contributed by atoms with E-state index in [1.807, 2.05) is 37.3 Å². The zero-order valence-electron chi connectivity index (χ0n) is 11.5. The number of nitrogens with one attached hydrogen (secondary N) is 2. The summed E-state index contributed by atoms with van der Waals surface area (Å²) in [6, 6.07) is 15.1. The molecule has 0 fully saturated rings. The number of halogens is 1. The van der Waals surface area contributed by atoms with Crippen LogP contribution in [0.1, 0.15) is 28.9 Å². The van der Waals surface area contributed by atoms with Gasteiger partial charge in [-0.05, 0) is 36.8 Å². The first-order valence-corrected chi connectivity index (χ1v) is 6.86. The highest BCUT2D eigenvalue weighted by molar-refractivity contribution is 6.30. The highest BCUT2D eigenvalue weighted by atomic mass is 35.5. The van der Waals surface area contributed by atoms with Crippen LogP contribution < -0.4 is 10.6 Å². The fourth-order valence-electron chi connectivity index (χ4n) is 1.83. The van der Waals surface area contributed by atoms with Gasteiger partial charge in [-0.2, -0.15) is 0 Å². The van der Waals surface area contributed by atoms with E-state index in [1.54, 1.807) is 24.3 Å². The van der Waals surface area contributed by atoms with Crippen LogP contribution in [-0.2, 0) is 0 Å². The Balaban J connectivity index is 1.92. The molecule has 1 atom stereocenters. The molecule has 21 heavy (non-hydrogen) atoms. The molecule has 0 heterocycles. The van der Waals surface area contributed by atoms with Gasteiger partial charge in [0.1, 0.15) is 0 Å². The predicted molar refractivity (Wildman–Crippen MR) is 82.3 cm³/mol. The number of rotatable bonds is 3. The van der Waals surface area contributed by atoms with E-state index in [4.69, 9.17) is 11.6 Å². The lowest BCUT2D eigenvalue weighted by molar-refractivity contribution is 0.0963. The van der Waals surface area contributed by atoms with Crippen molar-refractivity contribution in [2.24, 2.45) is 0 Å². The number of imide groups is 1. The Morgan fingerprint density at radius 2 is 1.62 bits per heavy atom. The molecule has 3 amide bonds. The first-order valence-electron chi connectivity index (χ1n) is 6.48. The Morgan fingerprint density at radius 3 is 2.24 bits per heavy atom. The van der Waals surface area contributed by atoms with Crippen molar-refractivity contribution in [2.75, 3.05) is 0 Å². The fraction of sp³-hybridized carbons (Fsp3) is 0.125. The highest BCUT2D eigenvalue weighted by Gasteiger charge is 2.13. The number of benzene rings is 2. The molecule has 5 heteroatoms. The van der Waals surface area contributed by atoms with Crippen molar-refractivity contribution in [1.82, 2.24) is 10.6 Å². The number of hydrogen-bond acceptors (Lipinski definition) is 2. The van der Waals surface area contributed by atoms with Crippen molar-refractivity contribution in [3.05, 3.63) is 70.7 Å². The summed E-state index contributed by atoms with van der Waals surface area (Å²) in [5.74, 6) is -0.468. The van der Waals surface area contributed by atoms with Crippen LogP contribution in [0.25, 0.3) is 0 Å². The van der Waals surface area contributed by atoms with E-state index < -0.39 is 11.9 Å². The maximum atomic E-state index is 11.9. The molecule has 0 unspecified atom stereocenters. The van der Waals surface area contributed by atoms with Gasteiger partial charge in [0.05, 0.1) is 6.04 Å². The average molecular weight is 303 g/mol. The van der Waals surface area contributed by atoms with Gasteiger partial charge in [0, 0.05) is 10.6 Å². The van der Waals surface area contributed by atoms with Gasteiger partial charge in [-0.3, -0.25) is 10.1 Å². The van der Waals surface area contributed by atoms with E-state index >= 15 is 0 Å². The Bertz CT molecular complexity index is 626. The number of hydrogen-bond donors (Lipinski definition) is 2. The van der Waals surface area contributed by atoms with Crippen LogP contribution in [0.15, 0.2) is 54.6 Å². The third-order valence-corrected chi connectivity index (χ3v) is 3.23. The summed E-state index contributed by atoms with van der Waals surface area (Å²) >= 11 is 5.75. The molecule has 0 radical (unpaired) electrons. The number of urea groups is 1. The summed E-state index contributed by atoms with van der Waals surface area (Å²) in [6.45, 7) is 1.85. The molecule has 0 aliphatic carbocycles. The Kier molecular flexibility index (Phi) is 4.95. The lowest BCUT2D eigenvalue weighted by Crippen LogP contribution is -2.40. The molecule has 0 aliphatic rings. The summed E-state index contributed by atoms with van der Waals surface area (Å²) in [5, 5.41) is 5.53. The first-order chi connectivity index (χ1) is 10.1. The molecule has 0 aliphatic heterocycles. The molecule has 2 aromatic carbocycles. The third kappa shape index (κ3) is 4.33. The van der Waals surface area contributed by atoms with Crippen molar-refractivity contribution in [3.63, 3.8) is 0 Å². The molecule has 0 saturated heterocycles. The molecule has 0 spiro atoms. The van der Waals surface area contributed by atoms with Gasteiger partial charge in [0.15, 0.2) is 0 Å². The second kappa shape index (κ2) is 6.90. The van der Waals surface area contributed by atoms with Crippen LogP contribution in [0.4, 0.5) is 4.79 Å². The molecule has 0 bridgehead atoms. The predicted octanol–water partition coefficient (Wildman–Crippen LogP) is 3.54. The zero-order chi connectivity index (χ0) is 15.2. The number of amides is 3. The molecule has 0 aromatic heterocycles. The van der Waals surface area contributed by atoms with Crippen molar-refractivity contribution in [1.29, 1.82) is 0 Å². The maximum absolute atomic E-state index is 11.9. The van der Waals surface area contributed by atoms with Gasteiger partial charge in [-0.1, -0.05) is 41.9 Å². The zero-order valence-corrected chi connectivity index (χ0v) is 12.2. The van der Waals surface area contributed by atoms with Crippen molar-refractivity contribution in [2.45, 2.75) is 13.0 Å². The van der Waals surface area contributed by atoms with Gasteiger partial charge in [-0.15, -0.1) is 0 Å². The second-order valence-corrected chi connectivity index (χ2v) is 5.00. The van der Waals surface area contributed by atoms with E-state index in [1.165, 1.54) is 0 Å². The SMILES string of the molecule is C[C@H](NC(=O)NC(=O)c1ccc(Cl)cc1)c1ccccc1. The maximum Gasteiger partial charge on any atom is 0.322 e. The Hall–Kier alpha value is -2.33. The molecule has 2 N–H and O–H groups in total. The normalized spacial score (nSPS) is 11.5. The van der Waals surface area contributed by atoms with Gasteiger partial charge < -0.3 is 5.32 Å². The van der Waals surface area contributed by atoms with E-state index in [9.17, 15) is 9.59 Å². The number of carbonyl (C=O) groups excluding carboxylic acids is 2. The van der Waals surface area contributed by atoms with Crippen molar-refractivity contribution in [3.8, 4) is 0 Å². The highest BCUT2D eigenvalue weighted by Crippen LogP contribution is 2.11. The first kappa shape index (κ1) is 15.1. The second-order valence-electron chi connectivity index (χ2n) is 4.57. The van der Waals surface area contributed by atoms with Crippen molar-refractivity contribution < 1.29 is 9.59 Å². The van der Waals surface area contributed by atoms with Crippen LogP contribution in [0.2, 0.25) is 5.02 Å². The molecule has 108 valence electrons. The van der Waals surface area contributed by atoms with Crippen LogP contribution in [0.5, 0.6) is 0 Å². The number of carbonyl (C=O) groups is 2. The topological polar surface area (TPSA) is 58.2 Å². The van der Waals surface area contributed by atoms with Gasteiger partial charge in [0.2, 0.25) is 0 Å². The molecular formula is C16H15ClN2O2. The Morgan fingerprint density at radius 1 is 1.00 bits per heavy atom. The minimum atomic E-state index is -0.536. The molecular weight excluding hydrogens is 288 g/mol. The quantitative estimate of drug-likeness (QED) is 0.911. The van der Waals surface area contributed by atoms with Crippen molar-refractivity contribution >= 4 is 23.5 Å². The summed E-state index contributed by atoms with van der Waals surface area (Å²) in [5.41, 5.74) is 1.34. The summed E-state index contributed by atoms with van der Waals surface area (Å²) in [6.07, 6.45) is 0. The van der Waals surface area contributed by atoms with E-state index in [-0.39, 0.29) is 6.04 Å². The molecule has 2 rings (SSSR count). The summed E-state index contributed by atoms with van der Waals surface area (Å²) in [7, 11) is 0. The Labute approximate surface area is 128 Å². The molecule has 0 saturated carbocycles. The summed E-state index contributed by atoms with van der Waals surface area (Å²) in [4.78, 5) is 23.7. The third-order valence-electron chi connectivity index (χ3n) is 2.98. The van der Waals surface area contributed by atoms with Crippen LogP contribution in [0.3, 0.4) is 0 Å². The van der Waals surface area contributed by atoms with Gasteiger partial charge >= 0.3 is 6.03 Å². The minimum Gasteiger partial charge on any atom is -0.331 e. The standard InChI is InChI=1S/C16H15ClN2O2/c1-11(12-5-3-2-4-6-12)18-16(21)19-15(20)13-7-9-14(17)10-8-13/h2-11H,1H3,(H2,18,19,20,21)/t11-/m0/s1. The van der Waals surface area contributed by atoms with E-state index in [0.717, 1.165) is 5.56 Å². The lowest BCUT2D eigenvalue weighted by Gasteiger charge is -2.14. The van der Waals surface area contributed by atoms with Gasteiger partial charge in [-0.25, -0.2) is 4.79 Å². The largest absolute Gasteiger partial charge is 0.331 e. The monoisotopic (exact) mass is 302 g/mol.